The summed E-state index contributed by atoms with van der Waals surface area (Å²) in [5.41, 5.74) is -0.185. The predicted molar refractivity (Wildman–Crippen MR) is 110 cm³/mol. The molecule has 1 N–H and O–H groups in total. The first-order valence-corrected chi connectivity index (χ1v) is 11.2. The highest BCUT2D eigenvalue weighted by molar-refractivity contribution is 7.89. The molecule has 0 bridgehead atoms. The molecule has 1 amide bonds. The van der Waals surface area contributed by atoms with E-state index in [0.717, 1.165) is 25.3 Å². The van der Waals surface area contributed by atoms with Crippen molar-refractivity contribution in [2.45, 2.75) is 31.1 Å². The van der Waals surface area contributed by atoms with Crippen LogP contribution in [-0.4, -0.2) is 38.3 Å². The maximum Gasteiger partial charge on any atom is 0.260 e. The number of ether oxygens (including phenoxy) is 1. The van der Waals surface area contributed by atoms with Crippen molar-refractivity contribution < 1.29 is 22.3 Å². The quantitative estimate of drug-likeness (QED) is 0.726. The summed E-state index contributed by atoms with van der Waals surface area (Å²) in [5.74, 6) is -1.28. The van der Waals surface area contributed by atoms with Gasteiger partial charge in [0.15, 0.2) is 0 Å². The number of sulfonamides is 1. The number of carbonyl (C=O) groups excluding carboxylic acids is 1. The largest absolute Gasteiger partial charge is 0.492 e. The summed E-state index contributed by atoms with van der Waals surface area (Å²) in [6.07, 6.45) is 2.62. The molecule has 1 heterocycles. The normalized spacial score (nSPS) is 15.1. The molecule has 1 saturated heterocycles. The summed E-state index contributed by atoms with van der Waals surface area (Å²) in [5, 5.41) is 2.49. The third-order valence-electron chi connectivity index (χ3n) is 4.64. The first-order valence-electron chi connectivity index (χ1n) is 9.37. The lowest BCUT2D eigenvalue weighted by molar-refractivity contribution is 0.102. The molecule has 0 aliphatic carbocycles. The molecule has 0 unspecified atom stereocenters. The van der Waals surface area contributed by atoms with Gasteiger partial charge in [-0.1, -0.05) is 24.1 Å². The van der Waals surface area contributed by atoms with E-state index in [1.165, 1.54) is 34.6 Å². The standard InChI is InChI=1S/C20H22ClFN2O4S/c1-2-28-18-10-9-14(29(26,27)24-11-4-3-5-12-24)13-17(18)23-20(25)19-15(21)7-6-8-16(19)22/h6-10,13H,2-5,11-12H2,1H3,(H,23,25). The molecule has 0 spiro atoms. The van der Waals surface area contributed by atoms with Crippen molar-refractivity contribution in [1.29, 1.82) is 0 Å². The molecule has 6 nitrogen and oxygen atoms in total. The Morgan fingerprint density at radius 1 is 1.21 bits per heavy atom. The summed E-state index contributed by atoms with van der Waals surface area (Å²) < 4.78 is 46.9. The molecule has 2 aromatic rings. The number of rotatable bonds is 6. The fourth-order valence-corrected chi connectivity index (χ4v) is 5.00. The Bertz CT molecular complexity index is 987. The molecule has 1 aliphatic rings. The van der Waals surface area contributed by atoms with Crippen molar-refractivity contribution in [1.82, 2.24) is 4.31 Å². The summed E-state index contributed by atoms with van der Waals surface area (Å²) in [6.45, 7) is 2.99. The lowest BCUT2D eigenvalue weighted by atomic mass is 10.2. The lowest BCUT2D eigenvalue weighted by Crippen LogP contribution is -2.35. The van der Waals surface area contributed by atoms with Crippen molar-refractivity contribution in [3.8, 4) is 5.75 Å². The molecule has 0 aromatic heterocycles. The van der Waals surface area contributed by atoms with Crippen LogP contribution in [-0.2, 0) is 10.0 Å². The van der Waals surface area contributed by atoms with E-state index in [9.17, 15) is 17.6 Å². The van der Waals surface area contributed by atoms with E-state index in [2.05, 4.69) is 5.32 Å². The first kappa shape index (κ1) is 21.5. The number of nitrogens with one attached hydrogen (secondary N) is 1. The van der Waals surface area contributed by atoms with Crippen molar-refractivity contribution in [3.05, 3.63) is 52.8 Å². The van der Waals surface area contributed by atoms with Crippen molar-refractivity contribution >= 4 is 33.2 Å². The van der Waals surface area contributed by atoms with Gasteiger partial charge in [0.1, 0.15) is 11.6 Å². The number of nitrogens with zero attached hydrogens (tertiary/aromatic N) is 1. The van der Waals surface area contributed by atoms with Crippen LogP contribution in [0.5, 0.6) is 5.75 Å². The number of amides is 1. The Labute approximate surface area is 174 Å². The highest BCUT2D eigenvalue weighted by atomic mass is 35.5. The van der Waals surface area contributed by atoms with Crippen LogP contribution in [0.3, 0.4) is 0 Å². The first-order chi connectivity index (χ1) is 13.8. The highest BCUT2D eigenvalue weighted by Crippen LogP contribution is 2.31. The second-order valence-electron chi connectivity index (χ2n) is 6.61. The molecule has 1 aliphatic heterocycles. The molecule has 2 aromatic carbocycles. The van der Waals surface area contributed by atoms with Crippen LogP contribution < -0.4 is 10.1 Å². The highest BCUT2D eigenvalue weighted by Gasteiger charge is 2.27. The number of hydrogen-bond donors (Lipinski definition) is 1. The van der Waals surface area contributed by atoms with Gasteiger partial charge in [-0.2, -0.15) is 4.31 Å². The summed E-state index contributed by atoms with van der Waals surface area (Å²) >= 11 is 5.96. The van der Waals surface area contributed by atoms with E-state index in [0.29, 0.717) is 19.7 Å². The zero-order chi connectivity index (χ0) is 21.0. The molecule has 1 fully saturated rings. The lowest BCUT2D eigenvalue weighted by Gasteiger charge is -2.26. The van der Waals surface area contributed by atoms with Crippen molar-refractivity contribution in [2.24, 2.45) is 0 Å². The van der Waals surface area contributed by atoms with Crippen LogP contribution in [0.4, 0.5) is 10.1 Å². The van der Waals surface area contributed by atoms with Gasteiger partial charge in [0.25, 0.3) is 5.91 Å². The SMILES string of the molecule is CCOc1ccc(S(=O)(=O)N2CCCCC2)cc1NC(=O)c1c(F)cccc1Cl. The van der Waals surface area contributed by atoms with E-state index in [1.807, 2.05) is 0 Å². The number of carbonyl (C=O) groups is 1. The third kappa shape index (κ3) is 4.71. The zero-order valence-corrected chi connectivity index (χ0v) is 17.5. The van der Waals surface area contributed by atoms with Gasteiger partial charge < -0.3 is 10.1 Å². The molecule has 0 atom stereocenters. The summed E-state index contributed by atoms with van der Waals surface area (Å²) in [4.78, 5) is 12.7. The van der Waals surface area contributed by atoms with Crippen LogP contribution >= 0.6 is 11.6 Å². The Hall–Kier alpha value is -2.16. The molecule has 156 valence electrons. The minimum Gasteiger partial charge on any atom is -0.492 e. The Morgan fingerprint density at radius 2 is 1.93 bits per heavy atom. The molecular weight excluding hydrogens is 419 g/mol. The number of hydrogen-bond acceptors (Lipinski definition) is 4. The Balaban J connectivity index is 1.96. The number of anilines is 1. The van der Waals surface area contributed by atoms with Gasteiger partial charge in [-0.3, -0.25) is 4.79 Å². The van der Waals surface area contributed by atoms with Crippen molar-refractivity contribution in [2.75, 3.05) is 25.0 Å². The van der Waals surface area contributed by atoms with Gasteiger partial charge in [-0.15, -0.1) is 0 Å². The van der Waals surface area contributed by atoms with Crippen molar-refractivity contribution in [3.63, 3.8) is 0 Å². The topological polar surface area (TPSA) is 75.7 Å². The third-order valence-corrected chi connectivity index (χ3v) is 6.85. The molecule has 9 heteroatoms. The monoisotopic (exact) mass is 440 g/mol. The van der Waals surface area contributed by atoms with Gasteiger partial charge >= 0.3 is 0 Å². The molecule has 0 saturated carbocycles. The number of piperidine rings is 1. The maximum absolute atomic E-state index is 14.1. The Kier molecular flexibility index (Phi) is 6.77. The van der Waals surface area contributed by atoms with Gasteiger partial charge in [0, 0.05) is 13.1 Å². The predicted octanol–water partition coefficient (Wildman–Crippen LogP) is 4.30. The van der Waals surface area contributed by atoms with Gasteiger partial charge in [0.05, 0.1) is 27.8 Å². The molecular formula is C20H22ClFN2O4S. The van der Waals surface area contributed by atoms with Crippen LogP contribution in [0.15, 0.2) is 41.3 Å². The average Bonchev–Trinajstić information content (AvgIpc) is 2.70. The van der Waals surface area contributed by atoms with Crippen LogP contribution in [0.2, 0.25) is 5.02 Å². The van der Waals surface area contributed by atoms with E-state index >= 15 is 0 Å². The number of halogens is 2. The number of benzene rings is 2. The van der Waals surface area contributed by atoms with Gasteiger partial charge in [0.2, 0.25) is 10.0 Å². The van der Waals surface area contributed by atoms with E-state index < -0.39 is 21.7 Å². The summed E-state index contributed by atoms with van der Waals surface area (Å²) in [6, 6.07) is 8.19. The smallest absolute Gasteiger partial charge is 0.260 e. The fraction of sp³-hybridized carbons (Fsp3) is 0.350. The van der Waals surface area contributed by atoms with Crippen LogP contribution in [0.1, 0.15) is 36.5 Å². The fourth-order valence-electron chi connectivity index (χ4n) is 3.20. The molecule has 0 radical (unpaired) electrons. The zero-order valence-electron chi connectivity index (χ0n) is 16.0. The van der Waals surface area contributed by atoms with Gasteiger partial charge in [-0.25, -0.2) is 12.8 Å². The van der Waals surface area contributed by atoms with Crippen LogP contribution in [0, 0.1) is 5.82 Å². The maximum atomic E-state index is 14.1. The van der Waals surface area contributed by atoms with Crippen LogP contribution in [0.25, 0.3) is 0 Å². The van der Waals surface area contributed by atoms with E-state index in [4.69, 9.17) is 16.3 Å². The van der Waals surface area contributed by atoms with E-state index in [-0.39, 0.29) is 26.9 Å². The van der Waals surface area contributed by atoms with E-state index in [1.54, 1.807) is 6.92 Å². The summed E-state index contributed by atoms with van der Waals surface area (Å²) in [7, 11) is -3.71. The minimum absolute atomic E-state index is 0.0396. The minimum atomic E-state index is -3.71. The average molecular weight is 441 g/mol. The molecule has 3 rings (SSSR count). The Morgan fingerprint density at radius 3 is 2.59 bits per heavy atom. The van der Waals surface area contributed by atoms with Gasteiger partial charge in [-0.05, 0) is 50.1 Å². The molecule has 29 heavy (non-hydrogen) atoms. The second kappa shape index (κ2) is 9.11. The second-order valence-corrected chi connectivity index (χ2v) is 8.95.